The molecular weight excluding hydrogens is 258 g/mol. The number of hydrogen-bond acceptors (Lipinski definition) is 3. The molecule has 2 heterocycles. The van der Waals surface area contributed by atoms with E-state index in [4.69, 9.17) is 4.42 Å². The molecule has 0 saturated heterocycles. The Morgan fingerprint density at radius 1 is 1.42 bits per heavy atom. The van der Waals surface area contributed by atoms with E-state index in [-0.39, 0.29) is 11.9 Å². The average molecular weight is 277 g/mol. The third-order valence-corrected chi connectivity index (χ3v) is 4.48. The van der Waals surface area contributed by atoms with E-state index < -0.39 is 0 Å². The van der Waals surface area contributed by atoms with Gasteiger partial charge in [-0.15, -0.1) is 11.3 Å². The molecule has 2 aromatic rings. The van der Waals surface area contributed by atoms with Gasteiger partial charge in [0.15, 0.2) is 0 Å². The summed E-state index contributed by atoms with van der Waals surface area (Å²) in [5.74, 6) is 1.61. The van der Waals surface area contributed by atoms with Gasteiger partial charge in [0.2, 0.25) is 0 Å². The van der Waals surface area contributed by atoms with Crippen LogP contribution in [0.4, 0.5) is 0 Å². The Morgan fingerprint density at radius 3 is 2.68 bits per heavy atom. The molecule has 3 nitrogen and oxygen atoms in total. The van der Waals surface area contributed by atoms with Crippen molar-refractivity contribution in [2.75, 3.05) is 0 Å². The summed E-state index contributed by atoms with van der Waals surface area (Å²) in [5.41, 5.74) is 1.19. The van der Waals surface area contributed by atoms with E-state index in [2.05, 4.69) is 12.2 Å². The number of aryl methyl sites for hydroxylation is 3. The summed E-state index contributed by atoms with van der Waals surface area (Å²) >= 11 is 1.57. The molecule has 0 saturated carbocycles. The standard InChI is InChI=1S/C15H19NO2S/c1-5-13-9(2)8-14(19-13)15(17)16-11(4)12-7-6-10(3)18-12/h6-8,11H,5H2,1-4H3,(H,16,17). The zero-order valence-corrected chi connectivity index (χ0v) is 12.6. The highest BCUT2D eigenvalue weighted by molar-refractivity contribution is 7.14. The highest BCUT2D eigenvalue weighted by Gasteiger charge is 2.16. The minimum Gasteiger partial charge on any atom is -0.464 e. The van der Waals surface area contributed by atoms with E-state index in [9.17, 15) is 4.79 Å². The van der Waals surface area contributed by atoms with Gasteiger partial charge in [0.25, 0.3) is 5.91 Å². The first kappa shape index (κ1) is 13.9. The monoisotopic (exact) mass is 277 g/mol. The molecule has 19 heavy (non-hydrogen) atoms. The Kier molecular flexibility index (Phi) is 4.10. The van der Waals surface area contributed by atoms with Gasteiger partial charge in [0.05, 0.1) is 10.9 Å². The van der Waals surface area contributed by atoms with Gasteiger partial charge in [0.1, 0.15) is 11.5 Å². The normalized spacial score (nSPS) is 12.4. The number of carbonyl (C=O) groups excluding carboxylic acids is 1. The quantitative estimate of drug-likeness (QED) is 0.917. The molecule has 2 aromatic heterocycles. The van der Waals surface area contributed by atoms with Crippen molar-refractivity contribution in [3.05, 3.63) is 45.0 Å². The van der Waals surface area contributed by atoms with Crippen molar-refractivity contribution >= 4 is 17.2 Å². The van der Waals surface area contributed by atoms with Crippen molar-refractivity contribution in [3.63, 3.8) is 0 Å². The van der Waals surface area contributed by atoms with Crippen LogP contribution >= 0.6 is 11.3 Å². The molecule has 0 aliphatic heterocycles. The lowest BCUT2D eigenvalue weighted by atomic mass is 10.2. The summed E-state index contributed by atoms with van der Waals surface area (Å²) < 4.78 is 5.52. The minimum atomic E-state index is -0.117. The fourth-order valence-corrected chi connectivity index (χ4v) is 3.02. The second-order valence-electron chi connectivity index (χ2n) is 4.71. The Morgan fingerprint density at radius 2 is 2.16 bits per heavy atom. The van der Waals surface area contributed by atoms with Crippen molar-refractivity contribution in [1.82, 2.24) is 5.32 Å². The summed E-state index contributed by atoms with van der Waals surface area (Å²) in [7, 11) is 0. The topological polar surface area (TPSA) is 42.2 Å². The van der Waals surface area contributed by atoms with Gasteiger partial charge < -0.3 is 9.73 Å². The third-order valence-electron chi connectivity index (χ3n) is 3.10. The Labute approximate surface area is 117 Å². The molecule has 1 atom stereocenters. The van der Waals surface area contributed by atoms with Crippen LogP contribution in [-0.4, -0.2) is 5.91 Å². The maximum atomic E-state index is 12.2. The van der Waals surface area contributed by atoms with Crippen molar-refractivity contribution in [2.45, 2.75) is 40.2 Å². The van der Waals surface area contributed by atoms with E-state index in [1.807, 2.05) is 39.0 Å². The molecule has 0 fully saturated rings. The second kappa shape index (κ2) is 5.61. The van der Waals surface area contributed by atoms with Crippen LogP contribution in [0.15, 0.2) is 22.6 Å². The predicted octanol–water partition coefficient (Wildman–Crippen LogP) is 4.01. The SMILES string of the molecule is CCc1sc(C(=O)NC(C)c2ccc(C)o2)cc1C. The van der Waals surface area contributed by atoms with Crippen LogP contribution in [-0.2, 0) is 6.42 Å². The number of hydrogen-bond donors (Lipinski definition) is 1. The summed E-state index contributed by atoms with van der Waals surface area (Å²) in [6, 6.07) is 5.65. The highest BCUT2D eigenvalue weighted by Crippen LogP contribution is 2.23. The average Bonchev–Trinajstić information content (AvgIpc) is 2.95. The second-order valence-corrected chi connectivity index (χ2v) is 5.85. The number of amides is 1. The van der Waals surface area contributed by atoms with Crippen molar-refractivity contribution < 1.29 is 9.21 Å². The van der Waals surface area contributed by atoms with Gasteiger partial charge in [-0.1, -0.05) is 6.92 Å². The highest BCUT2D eigenvalue weighted by atomic mass is 32.1. The minimum absolute atomic E-state index is 0.0330. The van der Waals surface area contributed by atoms with E-state index in [1.165, 1.54) is 10.4 Å². The molecule has 4 heteroatoms. The fourth-order valence-electron chi connectivity index (χ4n) is 2.01. The molecule has 0 radical (unpaired) electrons. The smallest absolute Gasteiger partial charge is 0.261 e. The number of carbonyl (C=O) groups is 1. The third kappa shape index (κ3) is 3.07. The first-order valence-electron chi connectivity index (χ1n) is 6.47. The molecule has 0 aliphatic rings. The largest absolute Gasteiger partial charge is 0.464 e. The van der Waals surface area contributed by atoms with Gasteiger partial charge in [-0.25, -0.2) is 0 Å². The predicted molar refractivity (Wildman–Crippen MR) is 77.8 cm³/mol. The van der Waals surface area contributed by atoms with Gasteiger partial charge in [-0.2, -0.15) is 0 Å². The lowest BCUT2D eigenvalue weighted by Crippen LogP contribution is -2.25. The summed E-state index contributed by atoms with van der Waals surface area (Å²) in [6.07, 6.45) is 0.969. The molecule has 0 spiro atoms. The van der Waals surface area contributed by atoms with Gasteiger partial charge in [0, 0.05) is 4.88 Å². The molecule has 1 unspecified atom stereocenters. The molecular formula is C15H19NO2S. The van der Waals surface area contributed by atoms with Crippen LogP contribution in [0.1, 0.15) is 51.5 Å². The zero-order valence-electron chi connectivity index (χ0n) is 11.7. The van der Waals surface area contributed by atoms with Gasteiger partial charge in [-0.05, 0) is 51.0 Å². The fraction of sp³-hybridized carbons (Fsp3) is 0.400. The summed E-state index contributed by atoms with van der Waals surface area (Å²) in [4.78, 5) is 14.2. The lowest BCUT2D eigenvalue weighted by Gasteiger charge is -2.10. The van der Waals surface area contributed by atoms with Crippen LogP contribution in [0.3, 0.4) is 0 Å². The number of nitrogens with one attached hydrogen (secondary N) is 1. The van der Waals surface area contributed by atoms with Crippen molar-refractivity contribution in [1.29, 1.82) is 0 Å². The number of furan rings is 1. The molecule has 2 rings (SSSR count). The van der Waals surface area contributed by atoms with Gasteiger partial charge in [-0.3, -0.25) is 4.79 Å². The van der Waals surface area contributed by atoms with Crippen molar-refractivity contribution in [3.8, 4) is 0 Å². The van der Waals surface area contributed by atoms with Crippen LogP contribution in [0.2, 0.25) is 0 Å². The van der Waals surface area contributed by atoms with Gasteiger partial charge >= 0.3 is 0 Å². The van der Waals surface area contributed by atoms with Crippen LogP contribution in [0, 0.1) is 13.8 Å². The summed E-state index contributed by atoms with van der Waals surface area (Å²) in [6.45, 7) is 7.98. The lowest BCUT2D eigenvalue weighted by molar-refractivity contribution is 0.0939. The molecule has 102 valence electrons. The number of thiophene rings is 1. The molecule has 0 aliphatic carbocycles. The van der Waals surface area contributed by atoms with Crippen LogP contribution in [0.25, 0.3) is 0 Å². The molecule has 1 N–H and O–H groups in total. The van der Waals surface area contributed by atoms with Crippen LogP contribution in [0.5, 0.6) is 0 Å². The van der Waals surface area contributed by atoms with Crippen molar-refractivity contribution in [2.24, 2.45) is 0 Å². The first-order chi connectivity index (χ1) is 9.01. The zero-order chi connectivity index (χ0) is 14.0. The molecule has 0 aromatic carbocycles. The van der Waals surface area contributed by atoms with E-state index in [1.54, 1.807) is 11.3 Å². The van der Waals surface area contributed by atoms with E-state index in [0.717, 1.165) is 22.8 Å². The molecule has 1 amide bonds. The maximum Gasteiger partial charge on any atom is 0.261 e. The van der Waals surface area contributed by atoms with Crippen LogP contribution < -0.4 is 5.32 Å². The maximum absolute atomic E-state index is 12.2. The van der Waals surface area contributed by atoms with E-state index >= 15 is 0 Å². The van der Waals surface area contributed by atoms with E-state index in [0.29, 0.717) is 0 Å². The molecule has 0 bridgehead atoms. The summed E-state index contributed by atoms with van der Waals surface area (Å²) in [5, 5.41) is 2.97. The first-order valence-corrected chi connectivity index (χ1v) is 7.29. The Bertz CT molecular complexity index is 583. The Balaban J connectivity index is 2.08. The Hall–Kier alpha value is -1.55. The number of rotatable bonds is 4.